The molecule has 1 unspecified atom stereocenters. The second-order valence-electron chi connectivity index (χ2n) is 2.94. The van der Waals surface area contributed by atoms with Crippen molar-refractivity contribution in [2.45, 2.75) is 20.3 Å². The van der Waals surface area contributed by atoms with Gasteiger partial charge in [-0.25, -0.2) is 4.99 Å². The molecular weight excluding hydrogens is 138 g/mol. The van der Waals surface area contributed by atoms with E-state index in [1.165, 1.54) is 0 Å². The van der Waals surface area contributed by atoms with Gasteiger partial charge in [0.15, 0.2) is 0 Å². The van der Waals surface area contributed by atoms with Crippen LogP contribution in [-0.4, -0.2) is 11.3 Å². The van der Waals surface area contributed by atoms with Crippen LogP contribution in [0.25, 0.3) is 0 Å². The molecule has 0 fully saturated rings. The summed E-state index contributed by atoms with van der Waals surface area (Å²) in [6.45, 7) is 4.04. The maximum absolute atomic E-state index is 9.12. The lowest BCUT2D eigenvalue weighted by Gasteiger charge is -2.04. The van der Waals surface area contributed by atoms with Gasteiger partial charge < -0.3 is 5.11 Å². The van der Waals surface area contributed by atoms with Crippen molar-refractivity contribution in [2.24, 2.45) is 10.9 Å². The molecule has 60 valence electrons. The van der Waals surface area contributed by atoms with Crippen molar-refractivity contribution >= 4 is 6.21 Å². The molecular formula is C9H13NO. The lowest BCUT2D eigenvalue weighted by Crippen LogP contribution is -1.97. The number of aliphatic imine (C=N–C) groups is 1. The summed E-state index contributed by atoms with van der Waals surface area (Å²) in [6, 6.07) is 0. The van der Waals surface area contributed by atoms with Crippen LogP contribution >= 0.6 is 0 Å². The van der Waals surface area contributed by atoms with Crippen LogP contribution in [0.5, 0.6) is 0 Å². The fourth-order valence-corrected chi connectivity index (χ4v) is 0.936. The summed E-state index contributed by atoms with van der Waals surface area (Å²) in [4.78, 5) is 3.87. The topological polar surface area (TPSA) is 32.6 Å². The van der Waals surface area contributed by atoms with Gasteiger partial charge in [-0.1, -0.05) is 13.0 Å². The SMILES string of the molecule is CC1=C\CC(C)\C=N/C(O)=C\1. The van der Waals surface area contributed by atoms with Crippen LogP contribution in [-0.2, 0) is 0 Å². The largest absolute Gasteiger partial charge is 0.493 e. The maximum Gasteiger partial charge on any atom is 0.210 e. The molecule has 0 bridgehead atoms. The standard InChI is InChI=1S/C9H13NO/c1-7-3-4-8(2)6-10-9(11)5-7/h3,5-6,8,11H,4H2,1-2H3/b7-3+,9-5+,10-6-. The van der Waals surface area contributed by atoms with Crippen molar-refractivity contribution in [3.8, 4) is 0 Å². The highest BCUT2D eigenvalue weighted by Crippen LogP contribution is 2.10. The first-order chi connectivity index (χ1) is 5.18. The van der Waals surface area contributed by atoms with Gasteiger partial charge >= 0.3 is 0 Å². The van der Waals surface area contributed by atoms with E-state index < -0.39 is 0 Å². The number of hydrogen-bond donors (Lipinski definition) is 1. The van der Waals surface area contributed by atoms with Gasteiger partial charge in [-0.15, -0.1) is 0 Å². The third kappa shape index (κ3) is 2.58. The van der Waals surface area contributed by atoms with Crippen molar-refractivity contribution in [3.63, 3.8) is 0 Å². The monoisotopic (exact) mass is 151 g/mol. The molecule has 1 aliphatic heterocycles. The smallest absolute Gasteiger partial charge is 0.210 e. The average Bonchev–Trinajstić information content (AvgIpc) is 1.95. The van der Waals surface area contributed by atoms with Gasteiger partial charge in [0.05, 0.1) is 0 Å². The van der Waals surface area contributed by atoms with Crippen molar-refractivity contribution < 1.29 is 5.11 Å². The molecule has 1 N–H and O–H groups in total. The highest BCUT2D eigenvalue weighted by molar-refractivity contribution is 5.62. The Hall–Kier alpha value is -1.05. The summed E-state index contributed by atoms with van der Waals surface area (Å²) in [6.07, 6.45) is 6.54. The fourth-order valence-electron chi connectivity index (χ4n) is 0.936. The molecule has 0 aromatic rings. The molecule has 0 saturated heterocycles. The first-order valence-electron chi connectivity index (χ1n) is 3.80. The molecule has 0 amide bonds. The van der Waals surface area contributed by atoms with Crippen LogP contribution in [0.4, 0.5) is 0 Å². The molecule has 2 nitrogen and oxygen atoms in total. The molecule has 1 atom stereocenters. The maximum atomic E-state index is 9.12. The number of rotatable bonds is 0. The molecule has 0 radical (unpaired) electrons. The molecule has 2 heteroatoms. The minimum Gasteiger partial charge on any atom is -0.493 e. The van der Waals surface area contributed by atoms with Crippen molar-refractivity contribution in [1.82, 2.24) is 0 Å². The van der Waals surface area contributed by atoms with Crippen molar-refractivity contribution in [1.29, 1.82) is 0 Å². The zero-order valence-electron chi connectivity index (χ0n) is 6.91. The van der Waals surface area contributed by atoms with Crippen LogP contribution in [0.15, 0.2) is 28.6 Å². The van der Waals surface area contributed by atoms with E-state index in [1.54, 1.807) is 12.3 Å². The third-order valence-electron chi connectivity index (χ3n) is 1.63. The summed E-state index contributed by atoms with van der Waals surface area (Å²) in [5, 5.41) is 9.12. The van der Waals surface area contributed by atoms with Crippen LogP contribution < -0.4 is 0 Å². The molecule has 0 spiro atoms. The number of aliphatic hydroxyl groups is 1. The Morgan fingerprint density at radius 2 is 2.36 bits per heavy atom. The van der Waals surface area contributed by atoms with E-state index in [9.17, 15) is 0 Å². The molecule has 1 rings (SSSR count). The Morgan fingerprint density at radius 1 is 1.64 bits per heavy atom. The van der Waals surface area contributed by atoms with Crippen LogP contribution in [0.1, 0.15) is 20.3 Å². The van der Waals surface area contributed by atoms with Gasteiger partial charge in [-0.05, 0) is 24.8 Å². The highest BCUT2D eigenvalue weighted by atomic mass is 16.3. The van der Waals surface area contributed by atoms with E-state index in [0.717, 1.165) is 12.0 Å². The second kappa shape index (κ2) is 3.37. The van der Waals surface area contributed by atoms with Crippen LogP contribution in [0.3, 0.4) is 0 Å². The molecule has 1 aliphatic rings. The summed E-state index contributed by atoms with van der Waals surface area (Å²) >= 11 is 0. The molecule has 0 aromatic carbocycles. The predicted octanol–water partition coefficient (Wildman–Crippen LogP) is 2.44. The summed E-state index contributed by atoms with van der Waals surface area (Å²) < 4.78 is 0. The zero-order valence-corrected chi connectivity index (χ0v) is 6.91. The van der Waals surface area contributed by atoms with Crippen molar-refractivity contribution in [2.75, 3.05) is 0 Å². The van der Waals surface area contributed by atoms with Gasteiger partial charge in [0.1, 0.15) is 0 Å². The van der Waals surface area contributed by atoms with Crippen molar-refractivity contribution in [3.05, 3.63) is 23.6 Å². The normalized spacial score (nSPS) is 37.5. The summed E-state index contributed by atoms with van der Waals surface area (Å²) in [5.41, 5.74) is 1.08. The van der Waals surface area contributed by atoms with Gasteiger partial charge in [0.25, 0.3) is 0 Å². The number of hydrogen-bond acceptors (Lipinski definition) is 2. The van der Waals surface area contributed by atoms with E-state index in [4.69, 9.17) is 5.11 Å². The Balaban J connectivity index is 2.84. The van der Waals surface area contributed by atoms with Gasteiger partial charge in [0.2, 0.25) is 5.88 Å². The van der Waals surface area contributed by atoms with Gasteiger partial charge in [0, 0.05) is 12.3 Å². The number of nitrogens with zero attached hydrogens (tertiary/aromatic N) is 1. The van der Waals surface area contributed by atoms with E-state index >= 15 is 0 Å². The van der Waals surface area contributed by atoms with E-state index in [2.05, 4.69) is 18.0 Å². The molecule has 1 heterocycles. The summed E-state index contributed by atoms with van der Waals surface area (Å²) in [5.74, 6) is 0.520. The minimum atomic E-state index is 0.102. The fraction of sp³-hybridized carbons (Fsp3) is 0.444. The van der Waals surface area contributed by atoms with E-state index in [-0.39, 0.29) is 5.88 Å². The van der Waals surface area contributed by atoms with Gasteiger partial charge in [-0.3, -0.25) is 0 Å². The molecule has 0 aromatic heterocycles. The predicted molar refractivity (Wildman–Crippen MR) is 46.7 cm³/mol. The quantitative estimate of drug-likeness (QED) is 0.566. The number of aliphatic hydroxyl groups excluding tert-OH is 1. The molecule has 0 saturated carbocycles. The Bertz CT molecular complexity index is 226. The summed E-state index contributed by atoms with van der Waals surface area (Å²) in [7, 11) is 0. The Kier molecular flexibility index (Phi) is 2.47. The minimum absolute atomic E-state index is 0.102. The van der Waals surface area contributed by atoms with E-state index in [1.807, 2.05) is 6.92 Å². The zero-order chi connectivity index (χ0) is 8.27. The van der Waals surface area contributed by atoms with Crippen LogP contribution in [0.2, 0.25) is 0 Å². The second-order valence-corrected chi connectivity index (χ2v) is 2.94. The first kappa shape index (κ1) is 8.05. The average molecular weight is 151 g/mol. The lowest BCUT2D eigenvalue weighted by atomic mass is 10.1. The van der Waals surface area contributed by atoms with E-state index in [0.29, 0.717) is 5.92 Å². The highest BCUT2D eigenvalue weighted by Gasteiger charge is 1.99. The molecule has 0 aliphatic carbocycles. The van der Waals surface area contributed by atoms with Gasteiger partial charge in [-0.2, -0.15) is 0 Å². The Labute approximate surface area is 67.0 Å². The third-order valence-corrected chi connectivity index (χ3v) is 1.63. The lowest BCUT2D eigenvalue weighted by molar-refractivity contribution is 0.406. The van der Waals surface area contributed by atoms with Crippen LogP contribution in [0, 0.1) is 5.92 Å². The molecule has 11 heavy (non-hydrogen) atoms. The Morgan fingerprint density at radius 3 is 3.09 bits per heavy atom. The number of allylic oxidation sites excluding steroid dienone is 3. The first-order valence-corrected chi connectivity index (χ1v) is 3.80.